The molecule has 0 bridgehead atoms. The lowest BCUT2D eigenvalue weighted by Crippen LogP contribution is -2.37. The molecule has 25 heavy (non-hydrogen) atoms. The first-order valence-corrected chi connectivity index (χ1v) is 8.29. The fourth-order valence-electron chi connectivity index (χ4n) is 2.57. The Morgan fingerprint density at radius 3 is 2.40 bits per heavy atom. The number of para-hydroxylation sites is 2. The number of carbonyl (C=O) groups is 1. The van der Waals surface area contributed by atoms with Gasteiger partial charge >= 0.3 is 0 Å². The molecule has 2 rings (SSSR count). The van der Waals surface area contributed by atoms with E-state index in [9.17, 15) is 14.9 Å². The van der Waals surface area contributed by atoms with E-state index in [0.717, 1.165) is 5.56 Å². The van der Waals surface area contributed by atoms with E-state index in [-0.39, 0.29) is 24.1 Å². The summed E-state index contributed by atoms with van der Waals surface area (Å²) in [5.41, 5.74) is 1.52. The number of hydrogen-bond acceptors (Lipinski definition) is 4. The van der Waals surface area contributed by atoms with Crippen LogP contribution < -0.4 is 5.32 Å². The average molecular weight is 341 g/mol. The van der Waals surface area contributed by atoms with E-state index in [1.807, 2.05) is 49.1 Å². The zero-order chi connectivity index (χ0) is 18.2. The molecule has 0 aliphatic carbocycles. The lowest BCUT2D eigenvalue weighted by Gasteiger charge is -2.27. The Labute approximate surface area is 147 Å². The molecule has 1 N–H and O–H groups in total. The maximum absolute atomic E-state index is 12.6. The largest absolute Gasteiger partial charge is 0.379 e. The van der Waals surface area contributed by atoms with Gasteiger partial charge in [0, 0.05) is 31.6 Å². The maximum atomic E-state index is 12.6. The molecule has 0 aliphatic rings. The number of benzene rings is 2. The molecule has 0 saturated heterocycles. The lowest BCUT2D eigenvalue weighted by atomic mass is 10.1. The van der Waals surface area contributed by atoms with Gasteiger partial charge in [0.1, 0.15) is 5.69 Å². The number of hydrogen-bond donors (Lipinski definition) is 1. The van der Waals surface area contributed by atoms with Crippen LogP contribution in [0.4, 0.5) is 11.4 Å². The zero-order valence-corrected chi connectivity index (χ0v) is 14.5. The van der Waals surface area contributed by atoms with Gasteiger partial charge in [-0.2, -0.15) is 0 Å². The van der Waals surface area contributed by atoms with Gasteiger partial charge in [0.25, 0.3) is 5.69 Å². The minimum atomic E-state index is -0.431. The van der Waals surface area contributed by atoms with Crippen molar-refractivity contribution in [3.63, 3.8) is 0 Å². The quantitative estimate of drug-likeness (QED) is 0.585. The Kier molecular flexibility index (Phi) is 6.51. The normalized spacial score (nSPS) is 10.5. The summed E-state index contributed by atoms with van der Waals surface area (Å²) in [6.45, 7) is 4.87. The minimum absolute atomic E-state index is 0.0138. The Morgan fingerprint density at radius 1 is 1.12 bits per heavy atom. The molecule has 0 spiro atoms. The number of nitro benzene ring substituents is 1. The second kappa shape index (κ2) is 8.82. The van der Waals surface area contributed by atoms with Crippen molar-refractivity contribution in [2.45, 2.75) is 32.9 Å². The smallest absolute Gasteiger partial charge is 0.292 e. The summed E-state index contributed by atoms with van der Waals surface area (Å²) in [5, 5.41) is 14.0. The van der Waals surface area contributed by atoms with Crippen molar-refractivity contribution in [3.05, 3.63) is 70.3 Å². The standard InChI is InChI=1S/C19H23N3O3/c1-15(2)21(14-16-8-4-3-5-9-16)19(23)12-13-20-17-10-6-7-11-18(17)22(24)25/h3-11,15,20H,12-14H2,1-2H3. The number of carbonyl (C=O) groups excluding carboxylic acids is 1. The fraction of sp³-hybridized carbons (Fsp3) is 0.316. The molecule has 0 heterocycles. The number of nitrogens with zero attached hydrogens (tertiary/aromatic N) is 2. The molecule has 0 aliphatic heterocycles. The van der Waals surface area contributed by atoms with Gasteiger partial charge in [-0.3, -0.25) is 14.9 Å². The van der Waals surface area contributed by atoms with Crippen molar-refractivity contribution in [1.82, 2.24) is 4.90 Å². The van der Waals surface area contributed by atoms with Gasteiger partial charge < -0.3 is 10.2 Å². The summed E-state index contributed by atoms with van der Waals surface area (Å²) in [4.78, 5) is 24.9. The van der Waals surface area contributed by atoms with Crippen LogP contribution >= 0.6 is 0 Å². The molecule has 0 aromatic heterocycles. The second-order valence-electron chi connectivity index (χ2n) is 6.05. The van der Waals surface area contributed by atoms with Crippen LogP contribution in [-0.2, 0) is 11.3 Å². The number of nitrogens with one attached hydrogen (secondary N) is 1. The molecule has 0 saturated carbocycles. The van der Waals surface area contributed by atoms with Crippen LogP contribution in [0.2, 0.25) is 0 Å². The molecule has 6 nitrogen and oxygen atoms in total. The van der Waals surface area contributed by atoms with Gasteiger partial charge in [-0.15, -0.1) is 0 Å². The molecule has 2 aromatic rings. The molecule has 0 unspecified atom stereocenters. The van der Waals surface area contributed by atoms with Crippen LogP contribution in [0.15, 0.2) is 54.6 Å². The summed E-state index contributed by atoms with van der Waals surface area (Å²) < 4.78 is 0. The number of nitro groups is 1. The van der Waals surface area contributed by atoms with Gasteiger partial charge in [0.15, 0.2) is 0 Å². The molecule has 0 radical (unpaired) electrons. The first kappa shape index (κ1) is 18.4. The van der Waals surface area contributed by atoms with Gasteiger partial charge in [0.05, 0.1) is 4.92 Å². The first-order chi connectivity index (χ1) is 12.0. The number of rotatable bonds is 8. The highest BCUT2D eigenvalue weighted by molar-refractivity contribution is 5.77. The fourth-order valence-corrected chi connectivity index (χ4v) is 2.57. The van der Waals surface area contributed by atoms with E-state index >= 15 is 0 Å². The predicted molar refractivity (Wildman–Crippen MR) is 98.3 cm³/mol. The van der Waals surface area contributed by atoms with Crippen LogP contribution in [0.1, 0.15) is 25.8 Å². The highest BCUT2D eigenvalue weighted by Crippen LogP contribution is 2.23. The monoisotopic (exact) mass is 341 g/mol. The second-order valence-corrected chi connectivity index (χ2v) is 6.05. The summed E-state index contributed by atoms with van der Waals surface area (Å²) >= 11 is 0. The van der Waals surface area contributed by atoms with Crippen LogP contribution in [0.3, 0.4) is 0 Å². The van der Waals surface area contributed by atoms with E-state index in [4.69, 9.17) is 0 Å². The van der Waals surface area contributed by atoms with Crippen molar-refractivity contribution in [2.24, 2.45) is 0 Å². The van der Waals surface area contributed by atoms with Crippen LogP contribution in [-0.4, -0.2) is 28.3 Å². The number of amides is 1. The van der Waals surface area contributed by atoms with Gasteiger partial charge in [0.2, 0.25) is 5.91 Å². The third-order valence-electron chi connectivity index (χ3n) is 3.89. The summed E-state index contributed by atoms with van der Waals surface area (Å²) in [6, 6.07) is 16.4. The highest BCUT2D eigenvalue weighted by Gasteiger charge is 2.18. The Morgan fingerprint density at radius 2 is 1.76 bits per heavy atom. The van der Waals surface area contributed by atoms with Crippen molar-refractivity contribution in [1.29, 1.82) is 0 Å². The zero-order valence-electron chi connectivity index (χ0n) is 14.5. The third-order valence-corrected chi connectivity index (χ3v) is 3.89. The Hall–Kier alpha value is -2.89. The predicted octanol–water partition coefficient (Wildman–Crippen LogP) is 3.83. The molecular formula is C19H23N3O3. The van der Waals surface area contributed by atoms with E-state index in [1.165, 1.54) is 6.07 Å². The molecular weight excluding hydrogens is 318 g/mol. The lowest BCUT2D eigenvalue weighted by molar-refractivity contribution is -0.384. The Bertz CT molecular complexity index is 717. The summed E-state index contributed by atoms with van der Waals surface area (Å²) in [5.74, 6) is 0.0185. The molecule has 132 valence electrons. The molecule has 1 amide bonds. The van der Waals surface area contributed by atoms with E-state index in [1.54, 1.807) is 18.2 Å². The van der Waals surface area contributed by atoms with Crippen molar-refractivity contribution >= 4 is 17.3 Å². The van der Waals surface area contributed by atoms with Gasteiger partial charge in [-0.05, 0) is 25.5 Å². The summed E-state index contributed by atoms with van der Waals surface area (Å²) in [6.07, 6.45) is 0.275. The van der Waals surface area contributed by atoms with E-state index < -0.39 is 4.92 Å². The third kappa shape index (κ3) is 5.31. The topological polar surface area (TPSA) is 75.5 Å². The van der Waals surface area contributed by atoms with Crippen LogP contribution in [0.25, 0.3) is 0 Å². The van der Waals surface area contributed by atoms with Gasteiger partial charge in [-0.25, -0.2) is 0 Å². The van der Waals surface area contributed by atoms with Crippen LogP contribution in [0, 0.1) is 10.1 Å². The Balaban J connectivity index is 1.94. The average Bonchev–Trinajstić information content (AvgIpc) is 2.60. The van der Waals surface area contributed by atoms with E-state index in [0.29, 0.717) is 18.8 Å². The SMILES string of the molecule is CC(C)N(Cc1ccccc1)C(=O)CCNc1ccccc1[N+](=O)[O-]. The first-order valence-electron chi connectivity index (χ1n) is 8.29. The highest BCUT2D eigenvalue weighted by atomic mass is 16.6. The molecule has 2 aromatic carbocycles. The molecule has 6 heteroatoms. The van der Waals surface area contributed by atoms with Crippen molar-refractivity contribution in [2.75, 3.05) is 11.9 Å². The molecule has 0 fully saturated rings. The van der Waals surface area contributed by atoms with Crippen LogP contribution in [0.5, 0.6) is 0 Å². The van der Waals surface area contributed by atoms with E-state index in [2.05, 4.69) is 5.32 Å². The van der Waals surface area contributed by atoms with Crippen molar-refractivity contribution in [3.8, 4) is 0 Å². The molecule has 0 atom stereocenters. The maximum Gasteiger partial charge on any atom is 0.292 e. The number of anilines is 1. The summed E-state index contributed by atoms with van der Waals surface area (Å²) in [7, 11) is 0. The van der Waals surface area contributed by atoms with Gasteiger partial charge in [-0.1, -0.05) is 42.5 Å². The van der Waals surface area contributed by atoms with Crippen molar-refractivity contribution < 1.29 is 9.72 Å². The minimum Gasteiger partial charge on any atom is -0.379 e.